The number of carbonyl (C=O) groups excluding carboxylic acids is 1. The van der Waals surface area contributed by atoms with E-state index in [9.17, 15) is 4.79 Å². The molecule has 1 heterocycles. The van der Waals surface area contributed by atoms with Gasteiger partial charge in [-0.1, -0.05) is 50.6 Å². The third-order valence-corrected chi connectivity index (χ3v) is 4.57. The minimum absolute atomic E-state index is 0. The highest BCUT2D eigenvalue weighted by atomic mass is 35.5. The van der Waals surface area contributed by atoms with E-state index in [1.165, 1.54) is 0 Å². The average Bonchev–Trinajstić information content (AvgIpc) is 2.97. The van der Waals surface area contributed by atoms with E-state index in [0.29, 0.717) is 18.4 Å². The number of halogens is 1. The fourth-order valence-electron chi connectivity index (χ4n) is 3.03. The number of nitrogens with two attached hydrogens (primary N) is 1. The molecule has 1 aromatic carbocycles. The maximum absolute atomic E-state index is 12.9. The first kappa shape index (κ1) is 18.0. The number of hydrogen-bond acceptors (Lipinski definition) is 2. The maximum atomic E-state index is 12.9. The van der Waals surface area contributed by atoms with Gasteiger partial charge in [-0.3, -0.25) is 4.79 Å². The van der Waals surface area contributed by atoms with Crippen molar-refractivity contribution in [3.8, 4) is 0 Å². The highest BCUT2D eigenvalue weighted by molar-refractivity contribution is 5.85. The summed E-state index contributed by atoms with van der Waals surface area (Å²) in [5.41, 5.74) is 6.87. The third-order valence-electron chi connectivity index (χ3n) is 4.57. The van der Waals surface area contributed by atoms with Crippen molar-refractivity contribution in [1.29, 1.82) is 0 Å². The Bertz CT molecular complexity index is 438. The van der Waals surface area contributed by atoms with Gasteiger partial charge < -0.3 is 10.6 Å². The summed E-state index contributed by atoms with van der Waals surface area (Å²) in [5.74, 6) is 1.10. The summed E-state index contributed by atoms with van der Waals surface area (Å²) >= 11 is 0. The molecule has 0 saturated carbocycles. The summed E-state index contributed by atoms with van der Waals surface area (Å²) in [7, 11) is 0. The summed E-state index contributed by atoms with van der Waals surface area (Å²) in [6.07, 6.45) is 2.06. The molecule has 2 N–H and O–H groups in total. The Labute approximate surface area is 134 Å². The van der Waals surface area contributed by atoms with Gasteiger partial charge in [-0.2, -0.15) is 0 Å². The van der Waals surface area contributed by atoms with Gasteiger partial charge in [-0.15, -0.1) is 12.4 Å². The number of rotatable bonds is 5. The van der Waals surface area contributed by atoms with Gasteiger partial charge >= 0.3 is 0 Å². The molecule has 3 nitrogen and oxygen atoms in total. The van der Waals surface area contributed by atoms with E-state index in [1.54, 1.807) is 0 Å². The number of amides is 1. The molecule has 4 heteroatoms. The average molecular weight is 311 g/mol. The van der Waals surface area contributed by atoms with Crippen LogP contribution >= 0.6 is 12.4 Å². The molecule has 0 bridgehead atoms. The molecule has 1 amide bonds. The fraction of sp³-hybridized carbons (Fsp3) is 0.588. The van der Waals surface area contributed by atoms with Gasteiger partial charge in [0, 0.05) is 13.1 Å². The number of nitrogens with zero attached hydrogens (tertiary/aromatic N) is 1. The number of carbonyl (C=O) groups is 1. The van der Waals surface area contributed by atoms with E-state index >= 15 is 0 Å². The van der Waals surface area contributed by atoms with Gasteiger partial charge in [0.05, 0.1) is 5.92 Å². The van der Waals surface area contributed by atoms with Crippen LogP contribution in [0.15, 0.2) is 30.3 Å². The summed E-state index contributed by atoms with van der Waals surface area (Å²) in [5, 5.41) is 0. The normalized spacial score (nSPS) is 20.7. The second-order valence-electron chi connectivity index (χ2n) is 5.95. The van der Waals surface area contributed by atoms with Crippen LogP contribution in [0.25, 0.3) is 0 Å². The van der Waals surface area contributed by atoms with Crippen molar-refractivity contribution in [2.24, 2.45) is 17.6 Å². The van der Waals surface area contributed by atoms with E-state index < -0.39 is 0 Å². The largest absolute Gasteiger partial charge is 0.342 e. The molecule has 1 saturated heterocycles. The Balaban J connectivity index is 0.00000220. The molecule has 0 aliphatic carbocycles. The molecule has 1 aliphatic rings. The highest BCUT2D eigenvalue weighted by Gasteiger charge is 2.33. The smallest absolute Gasteiger partial charge is 0.230 e. The molecule has 1 aromatic rings. The van der Waals surface area contributed by atoms with Crippen LogP contribution in [0.2, 0.25) is 0 Å². The van der Waals surface area contributed by atoms with Gasteiger partial charge in [0.15, 0.2) is 0 Å². The standard InChI is InChI=1S/C17H26N2O.ClH/c1-3-13(2)16(15-7-5-4-6-8-15)17(20)19-10-9-14(11-18)12-19;/h4-8,13-14,16H,3,9-12,18H2,1-2H3;1H. The van der Waals surface area contributed by atoms with Crippen molar-refractivity contribution in [1.82, 2.24) is 4.90 Å². The Kier molecular flexibility index (Phi) is 7.20. The summed E-state index contributed by atoms with van der Waals surface area (Å²) in [6.45, 7) is 6.70. The van der Waals surface area contributed by atoms with Crippen molar-refractivity contribution >= 4 is 18.3 Å². The SMILES string of the molecule is CCC(C)C(C(=O)N1CCC(CN)C1)c1ccccc1.Cl. The first-order valence-electron chi connectivity index (χ1n) is 7.71. The second-order valence-corrected chi connectivity index (χ2v) is 5.95. The summed E-state index contributed by atoms with van der Waals surface area (Å²) < 4.78 is 0. The van der Waals surface area contributed by atoms with Crippen LogP contribution in [0, 0.1) is 11.8 Å². The predicted molar refractivity (Wildman–Crippen MR) is 89.6 cm³/mol. The van der Waals surface area contributed by atoms with E-state index in [-0.39, 0.29) is 24.2 Å². The minimum atomic E-state index is -0.0160. The molecule has 0 spiro atoms. The lowest BCUT2D eigenvalue weighted by atomic mass is 9.84. The molecule has 118 valence electrons. The lowest BCUT2D eigenvalue weighted by Crippen LogP contribution is -2.36. The van der Waals surface area contributed by atoms with Crippen LogP contribution in [0.5, 0.6) is 0 Å². The van der Waals surface area contributed by atoms with Crippen LogP contribution in [0.1, 0.15) is 38.2 Å². The van der Waals surface area contributed by atoms with Gasteiger partial charge in [0.25, 0.3) is 0 Å². The van der Waals surface area contributed by atoms with Crippen molar-refractivity contribution in [3.05, 3.63) is 35.9 Å². The third kappa shape index (κ3) is 4.21. The van der Waals surface area contributed by atoms with E-state index in [2.05, 4.69) is 26.0 Å². The van der Waals surface area contributed by atoms with Crippen LogP contribution in [-0.4, -0.2) is 30.4 Å². The zero-order valence-corrected chi connectivity index (χ0v) is 13.8. The first-order chi connectivity index (χ1) is 9.67. The molecule has 3 unspecified atom stereocenters. The second kappa shape index (κ2) is 8.40. The van der Waals surface area contributed by atoms with Gasteiger partial charge in [-0.05, 0) is 30.4 Å². The Morgan fingerprint density at radius 2 is 2.05 bits per heavy atom. The van der Waals surface area contributed by atoms with E-state index in [1.807, 2.05) is 23.1 Å². The monoisotopic (exact) mass is 310 g/mol. The van der Waals surface area contributed by atoms with Gasteiger partial charge in [-0.25, -0.2) is 0 Å². The summed E-state index contributed by atoms with van der Waals surface area (Å²) in [6, 6.07) is 10.2. The van der Waals surface area contributed by atoms with Crippen molar-refractivity contribution in [2.75, 3.05) is 19.6 Å². The molecule has 1 aliphatic heterocycles. The van der Waals surface area contributed by atoms with Crippen molar-refractivity contribution in [3.63, 3.8) is 0 Å². The molecule has 3 atom stereocenters. The number of hydrogen-bond donors (Lipinski definition) is 1. The van der Waals surface area contributed by atoms with Crippen LogP contribution in [0.4, 0.5) is 0 Å². The quantitative estimate of drug-likeness (QED) is 0.908. The first-order valence-corrected chi connectivity index (χ1v) is 7.71. The molecule has 2 rings (SSSR count). The molecule has 1 fully saturated rings. The van der Waals surface area contributed by atoms with E-state index in [0.717, 1.165) is 31.5 Å². The van der Waals surface area contributed by atoms with Crippen molar-refractivity contribution in [2.45, 2.75) is 32.6 Å². The molecule has 0 radical (unpaired) electrons. The predicted octanol–water partition coefficient (Wildman–Crippen LogP) is 3.05. The molecular formula is C17H27ClN2O. The maximum Gasteiger partial charge on any atom is 0.230 e. The number of likely N-dealkylation sites (tertiary alicyclic amines) is 1. The number of benzene rings is 1. The van der Waals surface area contributed by atoms with Crippen LogP contribution < -0.4 is 5.73 Å². The Hall–Kier alpha value is -1.06. The molecular weight excluding hydrogens is 284 g/mol. The lowest BCUT2D eigenvalue weighted by molar-refractivity contribution is -0.133. The Morgan fingerprint density at radius 3 is 2.57 bits per heavy atom. The summed E-state index contributed by atoms with van der Waals surface area (Å²) in [4.78, 5) is 14.9. The molecule has 0 aromatic heterocycles. The fourth-order valence-corrected chi connectivity index (χ4v) is 3.03. The Morgan fingerprint density at radius 1 is 1.38 bits per heavy atom. The zero-order chi connectivity index (χ0) is 14.5. The highest BCUT2D eigenvalue weighted by Crippen LogP contribution is 2.30. The van der Waals surface area contributed by atoms with Crippen LogP contribution in [-0.2, 0) is 4.79 Å². The minimum Gasteiger partial charge on any atom is -0.342 e. The zero-order valence-electron chi connectivity index (χ0n) is 13.0. The lowest BCUT2D eigenvalue weighted by Gasteiger charge is -2.28. The van der Waals surface area contributed by atoms with E-state index in [4.69, 9.17) is 5.73 Å². The van der Waals surface area contributed by atoms with Gasteiger partial charge in [0.1, 0.15) is 0 Å². The molecule has 21 heavy (non-hydrogen) atoms. The van der Waals surface area contributed by atoms with Crippen LogP contribution in [0.3, 0.4) is 0 Å². The topological polar surface area (TPSA) is 46.3 Å². The van der Waals surface area contributed by atoms with Gasteiger partial charge in [0.2, 0.25) is 5.91 Å². The van der Waals surface area contributed by atoms with Crippen molar-refractivity contribution < 1.29 is 4.79 Å².